The topological polar surface area (TPSA) is 88.7 Å². The van der Waals surface area contributed by atoms with E-state index >= 15 is 0 Å². The number of nitrogen functional groups attached to an aromatic ring is 1. The van der Waals surface area contributed by atoms with Crippen LogP contribution in [-0.4, -0.2) is 4.98 Å². The van der Waals surface area contributed by atoms with Gasteiger partial charge in [-0.25, -0.2) is 13.8 Å². The minimum atomic E-state index is -2.70. The first kappa shape index (κ1) is 11.3. The molecule has 0 atom stereocenters. The third-order valence-electron chi connectivity index (χ3n) is 1.93. The zero-order valence-electron chi connectivity index (χ0n) is 7.87. The lowest BCUT2D eigenvalue weighted by Gasteiger charge is -2.10. The average Bonchev–Trinajstić information content (AvgIpc) is 2.16. The summed E-state index contributed by atoms with van der Waals surface area (Å²) < 4.78 is 25.1. The largest absolute Gasteiger partial charge is 0.383 e. The number of halogens is 2. The van der Waals surface area contributed by atoms with E-state index in [0.717, 1.165) is 0 Å². The molecule has 0 aliphatic rings. The second-order valence-electron chi connectivity index (χ2n) is 2.91. The fourth-order valence-electron chi connectivity index (χ4n) is 1.28. The minimum absolute atomic E-state index is 0.0285. The molecule has 0 spiro atoms. The Labute approximate surface area is 85.5 Å². The standard InChI is InChI=1S/C9H10F2N4/c10-8(11)7-5(4-13)3-6(1-2-12)15-9(7)14/h3,8H,1,4,13H2,(H2,14,15). The van der Waals surface area contributed by atoms with E-state index in [1.54, 1.807) is 0 Å². The van der Waals surface area contributed by atoms with Gasteiger partial charge in [-0.15, -0.1) is 0 Å². The molecule has 0 bridgehead atoms. The molecule has 1 heterocycles. The molecule has 6 heteroatoms. The molecule has 0 fully saturated rings. The van der Waals surface area contributed by atoms with Crippen LogP contribution in [0, 0.1) is 11.3 Å². The summed E-state index contributed by atoms with van der Waals surface area (Å²) in [5.74, 6) is -0.252. The molecule has 0 aliphatic heterocycles. The molecule has 4 N–H and O–H groups in total. The van der Waals surface area contributed by atoms with Gasteiger partial charge in [0.1, 0.15) is 5.82 Å². The fraction of sp³-hybridized carbons (Fsp3) is 0.333. The molecule has 0 unspecified atom stereocenters. The van der Waals surface area contributed by atoms with Crippen molar-refractivity contribution >= 4 is 5.82 Å². The van der Waals surface area contributed by atoms with Crippen LogP contribution in [0.1, 0.15) is 23.2 Å². The van der Waals surface area contributed by atoms with Crippen molar-refractivity contribution in [2.75, 3.05) is 5.73 Å². The molecule has 0 radical (unpaired) electrons. The van der Waals surface area contributed by atoms with Gasteiger partial charge in [-0.05, 0) is 11.6 Å². The van der Waals surface area contributed by atoms with Crippen LogP contribution in [0.5, 0.6) is 0 Å². The van der Waals surface area contributed by atoms with Crippen LogP contribution in [0.2, 0.25) is 0 Å². The monoisotopic (exact) mass is 212 g/mol. The normalized spacial score (nSPS) is 10.3. The Morgan fingerprint density at radius 2 is 2.20 bits per heavy atom. The maximum Gasteiger partial charge on any atom is 0.267 e. The summed E-state index contributed by atoms with van der Waals surface area (Å²) in [7, 11) is 0. The summed E-state index contributed by atoms with van der Waals surface area (Å²) in [5, 5.41) is 8.44. The van der Waals surface area contributed by atoms with Gasteiger partial charge in [0.2, 0.25) is 0 Å². The molecule has 0 saturated carbocycles. The van der Waals surface area contributed by atoms with Crippen molar-refractivity contribution in [3.63, 3.8) is 0 Å². The molecule has 80 valence electrons. The second kappa shape index (κ2) is 4.66. The van der Waals surface area contributed by atoms with Gasteiger partial charge in [0.15, 0.2) is 0 Å². The van der Waals surface area contributed by atoms with Crippen molar-refractivity contribution in [2.45, 2.75) is 19.4 Å². The average molecular weight is 212 g/mol. The van der Waals surface area contributed by atoms with Crippen molar-refractivity contribution in [3.8, 4) is 6.07 Å². The van der Waals surface area contributed by atoms with Crippen molar-refractivity contribution in [2.24, 2.45) is 5.73 Å². The number of hydrogen-bond donors (Lipinski definition) is 2. The predicted molar refractivity (Wildman–Crippen MR) is 50.8 cm³/mol. The van der Waals surface area contributed by atoms with Crippen LogP contribution in [0.4, 0.5) is 14.6 Å². The molecule has 0 aliphatic carbocycles. The van der Waals surface area contributed by atoms with Crippen molar-refractivity contribution in [3.05, 3.63) is 22.9 Å². The molecule has 4 nitrogen and oxygen atoms in total. The van der Waals surface area contributed by atoms with E-state index < -0.39 is 6.43 Å². The Hall–Kier alpha value is -1.74. The number of aromatic nitrogens is 1. The summed E-state index contributed by atoms with van der Waals surface area (Å²) >= 11 is 0. The van der Waals surface area contributed by atoms with Crippen LogP contribution in [0.25, 0.3) is 0 Å². The zero-order chi connectivity index (χ0) is 11.4. The number of alkyl halides is 2. The second-order valence-corrected chi connectivity index (χ2v) is 2.91. The Bertz CT molecular complexity index is 398. The van der Waals surface area contributed by atoms with Crippen LogP contribution < -0.4 is 11.5 Å². The maximum absolute atomic E-state index is 12.6. The van der Waals surface area contributed by atoms with E-state index in [1.165, 1.54) is 6.07 Å². The molecular formula is C9H10F2N4. The molecule has 0 saturated heterocycles. The summed E-state index contributed by atoms with van der Waals surface area (Å²) in [6.07, 6.45) is -2.67. The highest BCUT2D eigenvalue weighted by atomic mass is 19.3. The minimum Gasteiger partial charge on any atom is -0.383 e. The number of nitrogens with two attached hydrogens (primary N) is 2. The van der Waals surface area contributed by atoms with Gasteiger partial charge < -0.3 is 11.5 Å². The van der Waals surface area contributed by atoms with Crippen LogP contribution in [0.15, 0.2) is 6.07 Å². The smallest absolute Gasteiger partial charge is 0.267 e. The first-order valence-electron chi connectivity index (χ1n) is 4.23. The number of nitrogens with zero attached hydrogens (tertiary/aromatic N) is 2. The van der Waals surface area contributed by atoms with Gasteiger partial charge in [0, 0.05) is 6.54 Å². The Kier molecular flexibility index (Phi) is 3.52. The molecule has 0 amide bonds. The lowest BCUT2D eigenvalue weighted by atomic mass is 10.1. The van der Waals surface area contributed by atoms with Crippen LogP contribution in [-0.2, 0) is 13.0 Å². The van der Waals surface area contributed by atoms with Gasteiger partial charge in [-0.1, -0.05) is 0 Å². The maximum atomic E-state index is 12.6. The molecule has 1 aromatic rings. The van der Waals surface area contributed by atoms with Crippen molar-refractivity contribution in [1.29, 1.82) is 5.26 Å². The first-order valence-corrected chi connectivity index (χ1v) is 4.23. The molecule has 15 heavy (non-hydrogen) atoms. The van der Waals surface area contributed by atoms with E-state index in [2.05, 4.69) is 4.98 Å². The molecule has 1 aromatic heterocycles. The fourth-order valence-corrected chi connectivity index (χ4v) is 1.28. The zero-order valence-corrected chi connectivity index (χ0v) is 7.87. The lowest BCUT2D eigenvalue weighted by Crippen LogP contribution is -2.09. The van der Waals surface area contributed by atoms with Gasteiger partial charge in [-0.2, -0.15) is 5.26 Å². The van der Waals surface area contributed by atoms with Gasteiger partial charge in [-0.3, -0.25) is 0 Å². The van der Waals surface area contributed by atoms with Gasteiger partial charge in [0.25, 0.3) is 6.43 Å². The van der Waals surface area contributed by atoms with E-state index in [0.29, 0.717) is 5.69 Å². The number of rotatable bonds is 3. The van der Waals surface area contributed by atoms with Crippen molar-refractivity contribution in [1.82, 2.24) is 4.98 Å². The summed E-state index contributed by atoms with van der Waals surface area (Å²) in [6.45, 7) is -0.0508. The number of nitriles is 1. The van der Waals surface area contributed by atoms with E-state index in [1.807, 2.05) is 6.07 Å². The Morgan fingerprint density at radius 3 is 2.67 bits per heavy atom. The van der Waals surface area contributed by atoms with Crippen LogP contribution in [0.3, 0.4) is 0 Å². The SMILES string of the molecule is N#CCc1cc(CN)c(C(F)F)c(N)n1. The summed E-state index contributed by atoms with van der Waals surface area (Å²) in [5.41, 5.74) is 11.0. The Balaban J connectivity index is 3.25. The Morgan fingerprint density at radius 1 is 1.53 bits per heavy atom. The quantitative estimate of drug-likeness (QED) is 0.785. The molecule has 0 aromatic carbocycles. The van der Waals surface area contributed by atoms with E-state index in [4.69, 9.17) is 16.7 Å². The van der Waals surface area contributed by atoms with Crippen molar-refractivity contribution < 1.29 is 8.78 Å². The summed E-state index contributed by atoms with van der Waals surface area (Å²) in [6, 6.07) is 3.25. The van der Waals surface area contributed by atoms with Crippen LogP contribution >= 0.6 is 0 Å². The highest BCUT2D eigenvalue weighted by molar-refractivity contribution is 5.47. The van der Waals surface area contributed by atoms with E-state index in [-0.39, 0.29) is 29.9 Å². The molecular weight excluding hydrogens is 202 g/mol. The predicted octanol–water partition coefficient (Wildman–Crippen LogP) is 1.13. The third-order valence-corrected chi connectivity index (χ3v) is 1.93. The number of pyridine rings is 1. The lowest BCUT2D eigenvalue weighted by molar-refractivity contribution is 0.150. The van der Waals surface area contributed by atoms with Gasteiger partial charge >= 0.3 is 0 Å². The van der Waals surface area contributed by atoms with Gasteiger partial charge in [0.05, 0.1) is 23.7 Å². The number of hydrogen-bond acceptors (Lipinski definition) is 4. The highest BCUT2D eigenvalue weighted by Crippen LogP contribution is 2.27. The molecule has 1 rings (SSSR count). The highest BCUT2D eigenvalue weighted by Gasteiger charge is 2.18. The number of anilines is 1. The summed E-state index contributed by atoms with van der Waals surface area (Å²) in [4.78, 5) is 3.71. The first-order chi connectivity index (χ1) is 7.10. The third kappa shape index (κ3) is 2.39. The van der Waals surface area contributed by atoms with E-state index in [9.17, 15) is 8.78 Å².